The summed E-state index contributed by atoms with van der Waals surface area (Å²) in [6, 6.07) is 0. The van der Waals surface area contributed by atoms with E-state index in [4.69, 9.17) is 14.2 Å². The first-order chi connectivity index (χ1) is 10.1. The topological polar surface area (TPSA) is 100 Å². The molecule has 1 aromatic heterocycles. The molecule has 9 heteroatoms. The van der Waals surface area contributed by atoms with Crippen LogP contribution in [0.2, 0.25) is 0 Å². The molecular formula is C12H15N3O6. The van der Waals surface area contributed by atoms with Gasteiger partial charge in [-0.3, -0.25) is 0 Å². The largest absolute Gasteiger partial charge is 0.371 e. The Bertz CT molecular complexity index is 683. The van der Waals surface area contributed by atoms with Crippen LogP contribution in [0.25, 0.3) is 0 Å². The highest BCUT2D eigenvalue weighted by Gasteiger charge is 2.32. The van der Waals surface area contributed by atoms with Crippen molar-refractivity contribution < 1.29 is 14.2 Å². The Balaban J connectivity index is 1.85. The Morgan fingerprint density at radius 1 is 0.857 bits per heavy atom. The van der Waals surface area contributed by atoms with E-state index < -0.39 is 23.3 Å². The molecule has 4 rings (SSSR count). The van der Waals surface area contributed by atoms with E-state index in [1.54, 1.807) is 0 Å². The normalized spacial score (nSPS) is 30.0. The molecule has 3 aliphatic heterocycles. The summed E-state index contributed by atoms with van der Waals surface area (Å²) in [5, 5.41) is 0. The van der Waals surface area contributed by atoms with Gasteiger partial charge in [0.2, 0.25) is 0 Å². The van der Waals surface area contributed by atoms with E-state index in [1.807, 2.05) is 0 Å². The van der Waals surface area contributed by atoms with Crippen LogP contribution in [0.3, 0.4) is 0 Å². The van der Waals surface area contributed by atoms with Gasteiger partial charge in [-0.1, -0.05) is 0 Å². The maximum absolute atomic E-state index is 12.4. The summed E-state index contributed by atoms with van der Waals surface area (Å²) in [6.45, 7) is 1.88. The van der Waals surface area contributed by atoms with Crippen molar-refractivity contribution in [3.63, 3.8) is 0 Å². The highest BCUT2D eigenvalue weighted by atomic mass is 16.6. The first kappa shape index (κ1) is 13.0. The lowest BCUT2D eigenvalue weighted by molar-refractivity contribution is -0.106. The van der Waals surface area contributed by atoms with Crippen molar-refractivity contribution in [2.45, 2.75) is 37.9 Å². The maximum Gasteiger partial charge on any atom is 0.338 e. The van der Waals surface area contributed by atoms with Gasteiger partial charge in [-0.05, 0) is 0 Å². The second-order valence-corrected chi connectivity index (χ2v) is 5.46. The first-order valence-corrected chi connectivity index (χ1v) is 6.96. The molecule has 3 unspecified atom stereocenters. The van der Waals surface area contributed by atoms with Crippen LogP contribution in [0, 0.1) is 0 Å². The van der Waals surface area contributed by atoms with Crippen LogP contribution >= 0.6 is 0 Å². The van der Waals surface area contributed by atoms with Crippen molar-refractivity contribution in [3.8, 4) is 0 Å². The summed E-state index contributed by atoms with van der Waals surface area (Å²) in [4.78, 5) is 37.2. The van der Waals surface area contributed by atoms with Crippen molar-refractivity contribution in [2.75, 3.05) is 19.8 Å². The SMILES string of the molecule is O=c1n(CC2CO2)c(=O)n(C2CCO2)c(=O)n1CC1CO1. The molecule has 9 nitrogen and oxygen atoms in total. The highest BCUT2D eigenvalue weighted by Crippen LogP contribution is 2.19. The first-order valence-electron chi connectivity index (χ1n) is 6.96. The minimum atomic E-state index is -0.627. The summed E-state index contributed by atoms with van der Waals surface area (Å²) in [5.74, 6) is 0. The molecule has 3 aliphatic rings. The molecule has 0 spiro atoms. The van der Waals surface area contributed by atoms with Crippen LogP contribution in [0.15, 0.2) is 14.4 Å². The Hall–Kier alpha value is -1.71. The third-order valence-electron chi connectivity index (χ3n) is 3.88. The highest BCUT2D eigenvalue weighted by molar-refractivity contribution is 4.86. The fourth-order valence-corrected chi connectivity index (χ4v) is 2.39. The summed E-state index contributed by atoms with van der Waals surface area (Å²) >= 11 is 0. The van der Waals surface area contributed by atoms with E-state index >= 15 is 0 Å². The van der Waals surface area contributed by atoms with Gasteiger partial charge in [0.25, 0.3) is 0 Å². The second-order valence-electron chi connectivity index (χ2n) is 5.46. The van der Waals surface area contributed by atoms with Crippen LogP contribution in [0.5, 0.6) is 0 Å². The van der Waals surface area contributed by atoms with Crippen molar-refractivity contribution in [3.05, 3.63) is 31.5 Å². The van der Waals surface area contributed by atoms with Crippen LogP contribution in [-0.4, -0.2) is 45.7 Å². The van der Waals surface area contributed by atoms with Crippen molar-refractivity contribution >= 4 is 0 Å². The monoisotopic (exact) mass is 297 g/mol. The van der Waals surface area contributed by atoms with Crippen molar-refractivity contribution in [1.29, 1.82) is 0 Å². The molecule has 0 radical (unpaired) electrons. The molecule has 114 valence electrons. The summed E-state index contributed by atoms with van der Waals surface area (Å²) in [6.07, 6.45) is -0.250. The zero-order valence-corrected chi connectivity index (χ0v) is 11.3. The Labute approximate surface area is 118 Å². The third-order valence-corrected chi connectivity index (χ3v) is 3.88. The van der Waals surface area contributed by atoms with Gasteiger partial charge in [0.05, 0.1) is 45.1 Å². The minimum Gasteiger partial charge on any atom is -0.371 e. The molecule has 0 bridgehead atoms. The quantitative estimate of drug-likeness (QED) is 0.577. The number of nitrogens with zero attached hydrogens (tertiary/aromatic N) is 3. The lowest BCUT2D eigenvalue weighted by atomic mass is 10.3. The number of epoxide rings is 2. The van der Waals surface area contributed by atoms with E-state index in [1.165, 1.54) is 0 Å². The molecule has 1 aromatic rings. The Morgan fingerprint density at radius 2 is 1.33 bits per heavy atom. The molecule has 0 amide bonds. The van der Waals surface area contributed by atoms with Gasteiger partial charge < -0.3 is 14.2 Å². The molecule has 0 saturated carbocycles. The molecule has 0 N–H and O–H groups in total. The lowest BCUT2D eigenvalue weighted by Crippen LogP contribution is -2.57. The predicted molar refractivity (Wildman–Crippen MR) is 68.3 cm³/mol. The zero-order chi connectivity index (χ0) is 14.6. The van der Waals surface area contributed by atoms with E-state index in [9.17, 15) is 14.4 Å². The fraction of sp³-hybridized carbons (Fsp3) is 0.750. The number of aromatic nitrogens is 3. The minimum absolute atomic E-state index is 0.130. The average Bonchev–Trinajstić information content (AvgIpc) is 3.28. The van der Waals surface area contributed by atoms with Gasteiger partial charge in [0.1, 0.15) is 6.23 Å². The van der Waals surface area contributed by atoms with Crippen LogP contribution in [0.1, 0.15) is 12.6 Å². The smallest absolute Gasteiger partial charge is 0.338 e. The fourth-order valence-electron chi connectivity index (χ4n) is 2.39. The molecule has 4 heterocycles. The summed E-state index contributed by atoms with van der Waals surface area (Å²) < 4.78 is 18.5. The number of ether oxygens (including phenoxy) is 3. The average molecular weight is 297 g/mol. The van der Waals surface area contributed by atoms with Gasteiger partial charge in [-0.15, -0.1) is 0 Å². The van der Waals surface area contributed by atoms with E-state index in [0.29, 0.717) is 26.2 Å². The summed E-state index contributed by atoms with van der Waals surface area (Å²) in [5.41, 5.74) is -1.86. The van der Waals surface area contributed by atoms with Gasteiger partial charge in [-0.2, -0.15) is 0 Å². The summed E-state index contributed by atoms with van der Waals surface area (Å²) in [7, 11) is 0. The molecule has 0 aromatic carbocycles. The van der Waals surface area contributed by atoms with Gasteiger partial charge in [0.15, 0.2) is 0 Å². The van der Waals surface area contributed by atoms with Crippen LogP contribution in [0.4, 0.5) is 0 Å². The number of hydrogen-bond acceptors (Lipinski definition) is 6. The van der Waals surface area contributed by atoms with Crippen molar-refractivity contribution in [1.82, 2.24) is 13.7 Å². The third kappa shape index (κ3) is 2.27. The Morgan fingerprint density at radius 3 is 1.67 bits per heavy atom. The molecule has 0 aliphatic carbocycles. The molecule has 3 atom stereocenters. The lowest BCUT2D eigenvalue weighted by Gasteiger charge is -2.28. The predicted octanol–water partition coefficient (Wildman–Crippen LogP) is -2.11. The zero-order valence-electron chi connectivity index (χ0n) is 11.3. The van der Waals surface area contributed by atoms with Crippen LogP contribution in [-0.2, 0) is 27.3 Å². The van der Waals surface area contributed by atoms with Crippen LogP contribution < -0.4 is 17.1 Å². The van der Waals surface area contributed by atoms with Gasteiger partial charge in [-0.25, -0.2) is 28.1 Å². The maximum atomic E-state index is 12.4. The molecule has 3 fully saturated rings. The second kappa shape index (κ2) is 4.65. The Kier molecular flexibility index (Phi) is 2.88. The van der Waals surface area contributed by atoms with Gasteiger partial charge >= 0.3 is 17.1 Å². The number of rotatable bonds is 5. The standard InChI is InChI=1S/C12H15N3O6/c16-10-13(3-7-5-20-7)11(17)15(9-1-2-19-9)12(18)14(10)4-8-6-21-8/h7-9H,1-6H2. The molecular weight excluding hydrogens is 282 g/mol. The number of hydrogen-bond donors (Lipinski definition) is 0. The van der Waals surface area contributed by atoms with E-state index in [-0.39, 0.29) is 25.3 Å². The molecule has 21 heavy (non-hydrogen) atoms. The van der Waals surface area contributed by atoms with E-state index in [2.05, 4.69) is 0 Å². The van der Waals surface area contributed by atoms with Crippen molar-refractivity contribution in [2.24, 2.45) is 0 Å². The van der Waals surface area contributed by atoms with Gasteiger partial charge in [0, 0.05) is 6.42 Å². The van der Waals surface area contributed by atoms with E-state index in [0.717, 1.165) is 13.7 Å². The molecule has 3 saturated heterocycles.